The third-order valence-electron chi connectivity index (χ3n) is 1.04. The number of hydrogen-bond acceptors (Lipinski definition) is 3. The molecule has 0 radical (unpaired) electrons. The summed E-state index contributed by atoms with van der Waals surface area (Å²) in [6.07, 6.45) is 2.46. The molecule has 0 aliphatic rings. The van der Waals surface area contributed by atoms with Crippen LogP contribution in [0.15, 0.2) is 0 Å². The third kappa shape index (κ3) is 4.29. The Kier molecular flexibility index (Phi) is 4.53. The molecule has 0 bridgehead atoms. The van der Waals surface area contributed by atoms with Crippen molar-refractivity contribution >= 4 is 17.7 Å². The summed E-state index contributed by atoms with van der Waals surface area (Å²) < 4.78 is 0. The zero-order valence-corrected chi connectivity index (χ0v) is 6.49. The first-order chi connectivity index (χ1) is 4.20. The van der Waals surface area contributed by atoms with Crippen molar-refractivity contribution < 1.29 is 4.79 Å². The fraction of sp³-hybridized carbons (Fsp3) is 0.800. The first kappa shape index (κ1) is 8.78. The lowest BCUT2D eigenvalue weighted by Gasteiger charge is -2.04. The maximum atomic E-state index is 10.5. The minimum Gasteiger partial charge on any atom is -0.294 e. The molecule has 0 heterocycles. The maximum Gasteiger partial charge on any atom is 0.234 e. The Morgan fingerprint density at radius 2 is 2.44 bits per heavy atom. The number of hydrogen-bond donors (Lipinski definition) is 2. The van der Waals surface area contributed by atoms with Gasteiger partial charge in [0.15, 0.2) is 0 Å². The van der Waals surface area contributed by atoms with Crippen LogP contribution < -0.4 is 11.3 Å². The number of nitrogens with two attached hydrogens (primary N) is 1. The van der Waals surface area contributed by atoms with Gasteiger partial charge in [-0.25, -0.2) is 5.84 Å². The standard InChI is InChI=1S/C5H12N2OS/c1-4(9-2)3-5(8)7-6/h4H,3,6H2,1-2H3,(H,7,8). The Bertz CT molecular complexity index is 97.0. The van der Waals surface area contributed by atoms with Crippen molar-refractivity contribution in [3.8, 4) is 0 Å². The van der Waals surface area contributed by atoms with E-state index < -0.39 is 0 Å². The first-order valence-corrected chi connectivity index (χ1v) is 4.01. The molecule has 1 unspecified atom stereocenters. The molecule has 54 valence electrons. The molecule has 0 rings (SSSR count). The van der Waals surface area contributed by atoms with Crippen LogP contribution in [0.4, 0.5) is 0 Å². The van der Waals surface area contributed by atoms with Gasteiger partial charge in [0.2, 0.25) is 5.91 Å². The van der Waals surface area contributed by atoms with Gasteiger partial charge in [0.05, 0.1) is 0 Å². The van der Waals surface area contributed by atoms with E-state index in [4.69, 9.17) is 5.84 Å². The molecular weight excluding hydrogens is 136 g/mol. The van der Waals surface area contributed by atoms with E-state index >= 15 is 0 Å². The van der Waals surface area contributed by atoms with Crippen molar-refractivity contribution in [3.05, 3.63) is 0 Å². The SMILES string of the molecule is CSC(C)CC(=O)NN. The van der Waals surface area contributed by atoms with E-state index in [0.29, 0.717) is 11.7 Å². The summed E-state index contributed by atoms with van der Waals surface area (Å²) in [5.74, 6) is 4.77. The number of rotatable bonds is 3. The van der Waals surface area contributed by atoms with Crippen molar-refractivity contribution in [1.82, 2.24) is 5.43 Å². The number of carbonyl (C=O) groups excluding carboxylic acids is 1. The van der Waals surface area contributed by atoms with Crippen LogP contribution in [-0.2, 0) is 4.79 Å². The quantitative estimate of drug-likeness (QED) is 0.339. The predicted molar refractivity (Wildman–Crippen MR) is 39.9 cm³/mol. The highest BCUT2D eigenvalue weighted by molar-refractivity contribution is 7.99. The molecule has 0 saturated carbocycles. The van der Waals surface area contributed by atoms with Gasteiger partial charge < -0.3 is 0 Å². The van der Waals surface area contributed by atoms with E-state index in [-0.39, 0.29) is 5.91 Å². The van der Waals surface area contributed by atoms with Gasteiger partial charge in [-0.3, -0.25) is 10.2 Å². The van der Waals surface area contributed by atoms with Gasteiger partial charge in [-0.05, 0) is 6.26 Å². The highest BCUT2D eigenvalue weighted by Gasteiger charge is 2.04. The monoisotopic (exact) mass is 148 g/mol. The molecule has 0 aromatic carbocycles. The summed E-state index contributed by atoms with van der Waals surface area (Å²) in [7, 11) is 0. The second-order valence-corrected chi connectivity index (χ2v) is 3.09. The second-order valence-electron chi connectivity index (χ2n) is 1.82. The first-order valence-electron chi connectivity index (χ1n) is 2.73. The second kappa shape index (κ2) is 4.64. The molecule has 0 aromatic heterocycles. The molecule has 0 fully saturated rings. The van der Waals surface area contributed by atoms with Crippen molar-refractivity contribution in [2.75, 3.05) is 6.26 Å². The van der Waals surface area contributed by atoms with Crippen LogP contribution in [0.1, 0.15) is 13.3 Å². The molecule has 1 amide bonds. The van der Waals surface area contributed by atoms with Crippen LogP contribution in [0.3, 0.4) is 0 Å². The fourth-order valence-electron chi connectivity index (χ4n) is 0.403. The van der Waals surface area contributed by atoms with E-state index in [0.717, 1.165) is 0 Å². The molecular formula is C5H12N2OS. The summed E-state index contributed by atoms with van der Waals surface area (Å²) in [4.78, 5) is 10.5. The molecule has 0 aliphatic heterocycles. The largest absolute Gasteiger partial charge is 0.294 e. The number of nitrogens with one attached hydrogen (secondary N) is 1. The molecule has 3 nitrogen and oxygen atoms in total. The maximum absolute atomic E-state index is 10.5. The highest BCUT2D eigenvalue weighted by Crippen LogP contribution is 2.08. The summed E-state index contributed by atoms with van der Waals surface area (Å²) >= 11 is 1.65. The Morgan fingerprint density at radius 3 is 2.78 bits per heavy atom. The third-order valence-corrected chi connectivity index (χ3v) is 2.01. The van der Waals surface area contributed by atoms with Gasteiger partial charge in [0.25, 0.3) is 0 Å². The minimum absolute atomic E-state index is 0.100. The highest BCUT2D eigenvalue weighted by atomic mass is 32.2. The van der Waals surface area contributed by atoms with Gasteiger partial charge in [0, 0.05) is 11.7 Å². The van der Waals surface area contributed by atoms with E-state index in [1.165, 1.54) is 0 Å². The van der Waals surface area contributed by atoms with Crippen LogP contribution in [-0.4, -0.2) is 17.4 Å². The molecule has 9 heavy (non-hydrogen) atoms. The van der Waals surface area contributed by atoms with Gasteiger partial charge in [-0.1, -0.05) is 6.92 Å². The average molecular weight is 148 g/mol. The normalized spacial score (nSPS) is 12.8. The van der Waals surface area contributed by atoms with Crippen LogP contribution in [0, 0.1) is 0 Å². The van der Waals surface area contributed by atoms with Gasteiger partial charge in [0.1, 0.15) is 0 Å². The topological polar surface area (TPSA) is 55.1 Å². The van der Waals surface area contributed by atoms with Gasteiger partial charge in [-0.2, -0.15) is 11.8 Å². The van der Waals surface area contributed by atoms with Crippen LogP contribution in [0.25, 0.3) is 0 Å². The number of hydrazine groups is 1. The summed E-state index contributed by atoms with van der Waals surface area (Å²) in [5.41, 5.74) is 2.08. The minimum atomic E-state index is -0.100. The Hall–Kier alpha value is -0.220. The van der Waals surface area contributed by atoms with Crippen molar-refractivity contribution in [3.63, 3.8) is 0 Å². The molecule has 3 N–H and O–H groups in total. The molecule has 1 atom stereocenters. The Labute approximate surface area is 59.3 Å². The Balaban J connectivity index is 3.34. The molecule has 0 aromatic rings. The number of carbonyl (C=O) groups is 1. The van der Waals surface area contributed by atoms with E-state index in [2.05, 4.69) is 5.43 Å². The zero-order valence-electron chi connectivity index (χ0n) is 5.68. The predicted octanol–water partition coefficient (Wildman–Crippen LogP) is 0.118. The van der Waals surface area contributed by atoms with Crippen molar-refractivity contribution in [2.24, 2.45) is 5.84 Å². The summed E-state index contributed by atoms with van der Waals surface area (Å²) in [6.45, 7) is 1.99. The van der Waals surface area contributed by atoms with Crippen LogP contribution >= 0.6 is 11.8 Å². The van der Waals surface area contributed by atoms with Crippen molar-refractivity contribution in [2.45, 2.75) is 18.6 Å². The lowest BCUT2D eigenvalue weighted by Crippen LogP contribution is -2.31. The fourth-order valence-corrected chi connectivity index (χ4v) is 0.721. The zero-order chi connectivity index (χ0) is 7.28. The Morgan fingerprint density at radius 1 is 1.89 bits per heavy atom. The lowest BCUT2D eigenvalue weighted by molar-refractivity contribution is -0.121. The number of thioether (sulfide) groups is 1. The van der Waals surface area contributed by atoms with Crippen molar-refractivity contribution in [1.29, 1.82) is 0 Å². The molecule has 0 aliphatic carbocycles. The average Bonchev–Trinajstić information content (AvgIpc) is 1.87. The van der Waals surface area contributed by atoms with E-state index in [1.807, 2.05) is 13.2 Å². The summed E-state index contributed by atoms with van der Waals surface area (Å²) in [5, 5.41) is 0.355. The molecule has 4 heteroatoms. The summed E-state index contributed by atoms with van der Waals surface area (Å²) in [6, 6.07) is 0. The molecule has 0 saturated heterocycles. The number of amides is 1. The smallest absolute Gasteiger partial charge is 0.234 e. The van der Waals surface area contributed by atoms with Gasteiger partial charge in [-0.15, -0.1) is 0 Å². The van der Waals surface area contributed by atoms with Crippen LogP contribution in [0.5, 0.6) is 0 Å². The van der Waals surface area contributed by atoms with Crippen LogP contribution in [0.2, 0.25) is 0 Å². The lowest BCUT2D eigenvalue weighted by atomic mass is 10.3. The molecule has 0 spiro atoms. The van der Waals surface area contributed by atoms with E-state index in [1.54, 1.807) is 11.8 Å². The van der Waals surface area contributed by atoms with Gasteiger partial charge >= 0.3 is 0 Å². The van der Waals surface area contributed by atoms with E-state index in [9.17, 15) is 4.79 Å².